The van der Waals surface area contributed by atoms with Crippen molar-refractivity contribution in [3.63, 3.8) is 0 Å². The molecule has 2 rings (SSSR count). The topological polar surface area (TPSA) is 81.2 Å². The van der Waals surface area contributed by atoms with Crippen LogP contribution in [0.1, 0.15) is 71.7 Å². The van der Waals surface area contributed by atoms with Crippen molar-refractivity contribution >= 4 is 28.4 Å². The first kappa shape index (κ1) is 23.4. The van der Waals surface area contributed by atoms with Crippen molar-refractivity contribution in [1.82, 2.24) is 14.9 Å². The first-order chi connectivity index (χ1) is 12.9. The zero-order valence-electron chi connectivity index (χ0n) is 17.7. The minimum absolute atomic E-state index is 0.0870. The van der Waals surface area contributed by atoms with Crippen LogP contribution in [-0.2, 0) is 26.9 Å². The molecular formula is C20H32ClN3O3S. The number of Topliss-reactive ketones (excluding diaryl/α,β-unsaturated/α-hetero) is 1. The third-order valence-corrected chi connectivity index (χ3v) is 6.74. The van der Waals surface area contributed by atoms with Crippen molar-refractivity contribution in [2.24, 2.45) is 11.3 Å². The smallest absolute Gasteiger partial charge is 0.156 e. The van der Waals surface area contributed by atoms with E-state index in [0.29, 0.717) is 18.9 Å². The summed E-state index contributed by atoms with van der Waals surface area (Å²) in [4.78, 5) is 12.4. The Morgan fingerprint density at radius 2 is 1.86 bits per heavy atom. The number of carbonyl (C=O) groups is 1. The van der Waals surface area contributed by atoms with E-state index in [9.17, 15) is 9.00 Å². The van der Waals surface area contributed by atoms with E-state index in [1.165, 1.54) is 0 Å². The molecule has 1 N–H and O–H groups in total. The quantitative estimate of drug-likeness (QED) is 0.743. The third kappa shape index (κ3) is 6.31. The highest BCUT2D eigenvalue weighted by atomic mass is 35.5. The summed E-state index contributed by atoms with van der Waals surface area (Å²) in [6, 6.07) is 1.60. The second-order valence-electron chi connectivity index (χ2n) is 9.36. The van der Waals surface area contributed by atoms with Crippen LogP contribution in [0.5, 0.6) is 0 Å². The Bertz CT molecular complexity index is 722. The number of carbonyl (C=O) groups excluding carboxylic acids is 1. The maximum absolute atomic E-state index is 12.8. The van der Waals surface area contributed by atoms with Crippen molar-refractivity contribution in [2.75, 3.05) is 13.2 Å². The van der Waals surface area contributed by atoms with Gasteiger partial charge in [-0.15, -0.1) is 5.10 Å². The number of rotatable bonds is 6. The molecule has 28 heavy (non-hydrogen) atoms. The fourth-order valence-electron chi connectivity index (χ4n) is 2.92. The van der Waals surface area contributed by atoms with Crippen LogP contribution >= 0.6 is 11.6 Å². The van der Waals surface area contributed by atoms with Gasteiger partial charge < -0.3 is 4.74 Å². The molecule has 2 heterocycles. The van der Waals surface area contributed by atoms with Crippen LogP contribution in [0.2, 0.25) is 5.15 Å². The lowest BCUT2D eigenvalue weighted by Gasteiger charge is -2.33. The zero-order valence-corrected chi connectivity index (χ0v) is 19.2. The van der Waals surface area contributed by atoms with Crippen molar-refractivity contribution in [1.29, 1.82) is 0 Å². The van der Waals surface area contributed by atoms with Gasteiger partial charge in [0.1, 0.15) is 5.78 Å². The number of nitrogens with one attached hydrogen (secondary N) is 1. The van der Waals surface area contributed by atoms with Crippen LogP contribution in [0.4, 0.5) is 0 Å². The molecule has 0 bridgehead atoms. The highest BCUT2D eigenvalue weighted by molar-refractivity contribution is 7.84. The monoisotopic (exact) mass is 429 g/mol. The Balaban J connectivity index is 2.36. The fourth-order valence-corrected chi connectivity index (χ4v) is 4.04. The lowest BCUT2D eigenvalue weighted by molar-refractivity contribution is -0.125. The Morgan fingerprint density at radius 1 is 1.25 bits per heavy atom. The van der Waals surface area contributed by atoms with Crippen molar-refractivity contribution in [3.8, 4) is 0 Å². The summed E-state index contributed by atoms with van der Waals surface area (Å²) in [5.41, 5.74) is 0.880. The van der Waals surface area contributed by atoms with Crippen LogP contribution in [0.25, 0.3) is 0 Å². The predicted molar refractivity (Wildman–Crippen MR) is 113 cm³/mol. The molecule has 1 aromatic rings. The molecule has 1 fully saturated rings. The molecule has 1 aromatic heterocycles. The van der Waals surface area contributed by atoms with Gasteiger partial charge in [-0.1, -0.05) is 32.4 Å². The van der Waals surface area contributed by atoms with Crippen LogP contribution in [0, 0.1) is 11.3 Å². The normalized spacial score (nSPS) is 18.7. The van der Waals surface area contributed by atoms with Gasteiger partial charge in [0.25, 0.3) is 0 Å². The minimum atomic E-state index is -1.27. The summed E-state index contributed by atoms with van der Waals surface area (Å²) in [5.74, 6) is 0.303. The second-order valence-corrected chi connectivity index (χ2v) is 11.7. The van der Waals surface area contributed by atoms with E-state index in [1.807, 2.05) is 47.6 Å². The number of ketones is 1. The number of hydrogen-bond acceptors (Lipinski definition) is 5. The van der Waals surface area contributed by atoms with Crippen LogP contribution in [0.15, 0.2) is 6.07 Å². The van der Waals surface area contributed by atoms with E-state index in [0.717, 1.165) is 18.4 Å². The summed E-state index contributed by atoms with van der Waals surface area (Å²) >= 11 is 6.41. The van der Waals surface area contributed by atoms with Gasteiger partial charge in [0.05, 0.1) is 33.9 Å². The number of ether oxygens (including phenoxy) is 1. The Kier molecular flexibility index (Phi) is 7.76. The molecule has 0 spiro atoms. The van der Waals surface area contributed by atoms with Gasteiger partial charge in [-0.3, -0.25) is 4.79 Å². The number of hydrogen-bond donors (Lipinski definition) is 1. The average Bonchev–Trinajstić information content (AvgIpc) is 2.60. The van der Waals surface area contributed by atoms with Gasteiger partial charge in [-0.05, 0) is 45.6 Å². The molecule has 0 radical (unpaired) electrons. The Labute approximate surface area is 175 Å². The number of nitrogens with zero attached hydrogens (tertiary/aromatic N) is 2. The highest BCUT2D eigenvalue weighted by Gasteiger charge is 2.32. The van der Waals surface area contributed by atoms with E-state index < -0.39 is 21.1 Å². The van der Waals surface area contributed by atoms with Crippen LogP contribution in [0.3, 0.4) is 0 Å². The molecule has 1 saturated heterocycles. The SMILES string of the molecule is CC(C)(C)C(=O)Cc1cc([C@H](N[S@@](=O)C(C)(C)C)C2CCOCC2)c(Cl)nn1. The summed E-state index contributed by atoms with van der Waals surface area (Å²) in [5, 5.41) is 8.49. The second kappa shape index (κ2) is 9.28. The van der Waals surface area contributed by atoms with E-state index in [-0.39, 0.29) is 29.3 Å². The molecule has 1 aliphatic rings. The molecule has 0 unspecified atom stereocenters. The molecule has 0 aromatic carbocycles. The number of halogens is 1. The molecule has 0 amide bonds. The molecule has 0 saturated carbocycles. The van der Waals surface area contributed by atoms with E-state index in [1.54, 1.807) is 0 Å². The van der Waals surface area contributed by atoms with Gasteiger partial charge in [-0.25, -0.2) is 8.93 Å². The molecular weight excluding hydrogens is 398 g/mol. The zero-order chi connectivity index (χ0) is 21.1. The van der Waals surface area contributed by atoms with Crippen molar-refractivity contribution in [3.05, 3.63) is 22.5 Å². The standard InChI is InChI=1S/C20H32ClN3O3S/c1-19(2,3)16(25)12-14-11-15(18(21)23-22-14)17(13-7-9-27-10-8-13)24-28(26)20(4,5)6/h11,13,17,24H,7-10,12H2,1-6H3/t17-,28+/m1/s1. The average molecular weight is 430 g/mol. The molecule has 0 aliphatic carbocycles. The largest absolute Gasteiger partial charge is 0.381 e. The maximum atomic E-state index is 12.8. The first-order valence-electron chi connectivity index (χ1n) is 9.70. The summed E-state index contributed by atoms with van der Waals surface area (Å²) in [7, 11) is -1.27. The Hall–Kier alpha value is -0.890. The fraction of sp³-hybridized carbons (Fsp3) is 0.750. The van der Waals surface area contributed by atoms with Gasteiger partial charge in [-0.2, -0.15) is 5.10 Å². The van der Waals surface area contributed by atoms with Gasteiger partial charge in [0, 0.05) is 24.2 Å². The lowest BCUT2D eigenvalue weighted by Crippen LogP contribution is -2.40. The molecule has 8 heteroatoms. The maximum Gasteiger partial charge on any atom is 0.156 e. The minimum Gasteiger partial charge on any atom is -0.381 e. The first-order valence-corrected chi connectivity index (χ1v) is 11.2. The summed E-state index contributed by atoms with van der Waals surface area (Å²) < 4.78 is 21.2. The Morgan fingerprint density at radius 3 is 2.39 bits per heavy atom. The van der Waals surface area contributed by atoms with Gasteiger partial charge in [0.2, 0.25) is 0 Å². The van der Waals surface area contributed by atoms with Gasteiger partial charge >= 0.3 is 0 Å². The molecule has 1 aliphatic heterocycles. The lowest BCUT2D eigenvalue weighted by atomic mass is 9.86. The molecule has 6 nitrogen and oxygen atoms in total. The number of aromatic nitrogens is 2. The summed E-state index contributed by atoms with van der Waals surface area (Å²) in [6.45, 7) is 12.8. The van der Waals surface area contributed by atoms with Crippen molar-refractivity contribution < 1.29 is 13.7 Å². The highest BCUT2D eigenvalue weighted by Crippen LogP contribution is 2.34. The van der Waals surface area contributed by atoms with Crippen molar-refractivity contribution in [2.45, 2.75) is 71.6 Å². The molecule has 158 valence electrons. The molecule has 2 atom stereocenters. The van der Waals surface area contributed by atoms with E-state index >= 15 is 0 Å². The summed E-state index contributed by atoms with van der Waals surface area (Å²) in [6.07, 6.45) is 1.88. The predicted octanol–water partition coefficient (Wildman–Crippen LogP) is 3.81. The van der Waals surface area contributed by atoms with E-state index in [4.69, 9.17) is 16.3 Å². The van der Waals surface area contributed by atoms with Gasteiger partial charge in [0.15, 0.2) is 5.15 Å². The third-order valence-electron chi connectivity index (χ3n) is 4.87. The van der Waals surface area contributed by atoms with E-state index in [2.05, 4.69) is 14.9 Å². The van der Waals surface area contributed by atoms with Crippen LogP contribution < -0.4 is 4.72 Å². The van der Waals surface area contributed by atoms with Crippen LogP contribution in [-0.4, -0.2) is 38.2 Å².